The molecule has 2 aliphatic carbocycles. The van der Waals surface area contributed by atoms with Crippen molar-refractivity contribution in [3.8, 4) is 0 Å². The summed E-state index contributed by atoms with van der Waals surface area (Å²) < 4.78 is 11.2. The zero-order valence-corrected chi connectivity index (χ0v) is 10.5. The molecule has 2 fully saturated rings. The van der Waals surface area contributed by atoms with Crippen LogP contribution in [0.5, 0.6) is 0 Å². The molecule has 2 nitrogen and oxygen atoms in total. The highest BCUT2D eigenvalue weighted by Gasteiger charge is 2.42. The molecule has 0 spiro atoms. The predicted octanol–water partition coefficient (Wildman–Crippen LogP) is 2.47. The van der Waals surface area contributed by atoms with Crippen molar-refractivity contribution < 1.29 is 8.85 Å². The Bertz CT molecular complexity index is 160. The van der Waals surface area contributed by atoms with Gasteiger partial charge in [0.25, 0.3) is 0 Å². The molecular weight excluding hydrogens is 192 g/mol. The average Bonchev–Trinajstić information content (AvgIpc) is 2.00. The molecule has 0 bridgehead atoms. The summed E-state index contributed by atoms with van der Waals surface area (Å²) in [6.07, 6.45) is 8.58. The molecule has 0 saturated heterocycles. The lowest BCUT2D eigenvalue weighted by Gasteiger charge is -2.44. The molecule has 0 radical (unpaired) electrons. The number of rotatable bonds is 5. The average molecular weight is 214 g/mol. The molecule has 2 aliphatic rings. The highest BCUT2D eigenvalue weighted by Crippen LogP contribution is 2.49. The van der Waals surface area contributed by atoms with E-state index in [1.807, 2.05) is 14.2 Å². The molecule has 0 heterocycles. The van der Waals surface area contributed by atoms with Gasteiger partial charge in [-0.3, -0.25) is 0 Å². The Morgan fingerprint density at radius 2 is 1.36 bits per heavy atom. The van der Waals surface area contributed by atoms with E-state index in [0.717, 1.165) is 17.4 Å². The Labute approximate surface area is 88.8 Å². The second-order valence-electron chi connectivity index (χ2n) is 4.80. The van der Waals surface area contributed by atoms with Crippen LogP contribution < -0.4 is 0 Å². The number of hydrogen-bond donors (Lipinski definition) is 0. The van der Waals surface area contributed by atoms with Gasteiger partial charge in [-0.1, -0.05) is 38.5 Å². The van der Waals surface area contributed by atoms with Crippen molar-refractivity contribution >= 4 is 9.28 Å². The maximum absolute atomic E-state index is 5.59. The van der Waals surface area contributed by atoms with Gasteiger partial charge in [-0.2, -0.15) is 0 Å². The van der Waals surface area contributed by atoms with Crippen LogP contribution in [0.1, 0.15) is 38.5 Å². The third kappa shape index (κ3) is 1.90. The fourth-order valence-electron chi connectivity index (χ4n) is 2.89. The Morgan fingerprint density at radius 3 is 1.57 bits per heavy atom. The number of hydrogen-bond acceptors (Lipinski definition) is 2. The lowest BCUT2D eigenvalue weighted by atomic mass is 9.72. The Hall–Kier alpha value is 0.137. The molecule has 0 N–H and O–H groups in total. The molecule has 0 aliphatic heterocycles. The standard InChI is InChI=1S/C11H22O2Si/c1-12-14(13-2)11(9-5-3-6-9)10-7-4-8-10/h9-11,14H,3-8H2,1-2H3. The molecule has 0 aromatic rings. The summed E-state index contributed by atoms with van der Waals surface area (Å²) in [6, 6.07) is 0. The van der Waals surface area contributed by atoms with E-state index in [-0.39, 0.29) is 0 Å². The fourth-order valence-corrected chi connectivity index (χ4v) is 5.37. The van der Waals surface area contributed by atoms with Crippen molar-refractivity contribution in [2.75, 3.05) is 14.2 Å². The van der Waals surface area contributed by atoms with E-state index in [2.05, 4.69) is 0 Å². The van der Waals surface area contributed by atoms with Crippen LogP contribution in [0.15, 0.2) is 0 Å². The summed E-state index contributed by atoms with van der Waals surface area (Å²) in [7, 11) is 2.32. The summed E-state index contributed by atoms with van der Waals surface area (Å²) in [6.45, 7) is 0. The van der Waals surface area contributed by atoms with Crippen LogP contribution in [0.3, 0.4) is 0 Å². The van der Waals surface area contributed by atoms with Crippen molar-refractivity contribution in [2.45, 2.75) is 44.1 Å². The van der Waals surface area contributed by atoms with Gasteiger partial charge in [-0.15, -0.1) is 0 Å². The van der Waals surface area contributed by atoms with E-state index in [0.29, 0.717) is 0 Å². The lowest BCUT2D eigenvalue weighted by Crippen LogP contribution is -2.40. The normalized spacial score (nSPS) is 24.0. The van der Waals surface area contributed by atoms with Gasteiger partial charge in [0.1, 0.15) is 0 Å². The van der Waals surface area contributed by atoms with Crippen molar-refractivity contribution in [3.05, 3.63) is 0 Å². The van der Waals surface area contributed by atoms with Gasteiger partial charge in [0.15, 0.2) is 0 Å². The largest absolute Gasteiger partial charge is 0.400 e. The second kappa shape index (κ2) is 4.77. The molecule has 82 valence electrons. The van der Waals surface area contributed by atoms with E-state index in [4.69, 9.17) is 8.85 Å². The first-order chi connectivity index (χ1) is 6.86. The van der Waals surface area contributed by atoms with Crippen molar-refractivity contribution in [3.63, 3.8) is 0 Å². The van der Waals surface area contributed by atoms with Gasteiger partial charge >= 0.3 is 9.28 Å². The van der Waals surface area contributed by atoms with Gasteiger partial charge in [-0.05, 0) is 11.8 Å². The van der Waals surface area contributed by atoms with Gasteiger partial charge in [0.05, 0.1) is 0 Å². The van der Waals surface area contributed by atoms with Crippen molar-refractivity contribution in [2.24, 2.45) is 11.8 Å². The van der Waals surface area contributed by atoms with E-state index >= 15 is 0 Å². The van der Waals surface area contributed by atoms with Crippen LogP contribution >= 0.6 is 0 Å². The molecule has 0 aromatic carbocycles. The maximum Gasteiger partial charge on any atom is 0.324 e. The van der Waals surface area contributed by atoms with Gasteiger partial charge in [0.2, 0.25) is 0 Å². The summed E-state index contributed by atoms with van der Waals surface area (Å²) in [5, 5.41) is 0. The Balaban J connectivity index is 1.95. The van der Waals surface area contributed by atoms with Gasteiger partial charge in [0, 0.05) is 19.8 Å². The highest BCUT2D eigenvalue weighted by molar-refractivity contribution is 6.46. The molecule has 0 aromatic heterocycles. The molecule has 2 rings (SSSR count). The van der Waals surface area contributed by atoms with E-state index in [9.17, 15) is 0 Å². The smallest absolute Gasteiger partial charge is 0.324 e. The molecule has 0 amide bonds. The summed E-state index contributed by atoms with van der Waals surface area (Å²) in [5.74, 6) is 1.88. The summed E-state index contributed by atoms with van der Waals surface area (Å²) in [4.78, 5) is 0. The second-order valence-corrected chi connectivity index (χ2v) is 7.25. The van der Waals surface area contributed by atoms with Crippen molar-refractivity contribution in [1.82, 2.24) is 0 Å². The highest BCUT2D eigenvalue weighted by atomic mass is 28.3. The minimum atomic E-state index is -1.36. The first-order valence-corrected chi connectivity index (χ1v) is 7.53. The SMILES string of the molecule is CO[SiH](OC)C(C1CCC1)C1CCC1. The van der Waals surface area contributed by atoms with Crippen LogP contribution in [0.2, 0.25) is 5.54 Å². The minimum absolute atomic E-state index is 0.812. The lowest BCUT2D eigenvalue weighted by molar-refractivity contribution is 0.143. The van der Waals surface area contributed by atoms with E-state index < -0.39 is 9.28 Å². The van der Waals surface area contributed by atoms with Crippen LogP contribution in [-0.4, -0.2) is 23.5 Å². The van der Waals surface area contributed by atoms with Gasteiger partial charge < -0.3 is 8.85 Å². The third-order valence-electron chi connectivity index (χ3n) is 4.17. The van der Waals surface area contributed by atoms with Crippen LogP contribution in [0.4, 0.5) is 0 Å². The molecule has 3 heteroatoms. The van der Waals surface area contributed by atoms with Crippen LogP contribution in [0.25, 0.3) is 0 Å². The predicted molar refractivity (Wildman–Crippen MR) is 59.6 cm³/mol. The molecule has 14 heavy (non-hydrogen) atoms. The first kappa shape index (κ1) is 10.6. The molecule has 0 unspecified atom stereocenters. The Morgan fingerprint density at radius 1 is 0.929 bits per heavy atom. The fraction of sp³-hybridized carbons (Fsp3) is 1.00. The zero-order chi connectivity index (χ0) is 9.97. The van der Waals surface area contributed by atoms with Crippen molar-refractivity contribution in [1.29, 1.82) is 0 Å². The Kier molecular flexibility index (Phi) is 3.63. The quantitative estimate of drug-likeness (QED) is 0.655. The van der Waals surface area contributed by atoms with E-state index in [1.54, 1.807) is 0 Å². The van der Waals surface area contributed by atoms with Gasteiger partial charge in [-0.25, -0.2) is 0 Å². The zero-order valence-electron chi connectivity index (χ0n) is 9.37. The topological polar surface area (TPSA) is 18.5 Å². The third-order valence-corrected chi connectivity index (χ3v) is 6.81. The molecular formula is C11H22O2Si. The molecule has 2 saturated carbocycles. The molecule has 0 atom stereocenters. The maximum atomic E-state index is 5.59. The minimum Gasteiger partial charge on any atom is -0.400 e. The van der Waals surface area contributed by atoms with Crippen LogP contribution in [0, 0.1) is 11.8 Å². The first-order valence-electron chi connectivity index (χ1n) is 5.92. The van der Waals surface area contributed by atoms with Crippen LogP contribution in [-0.2, 0) is 8.85 Å². The summed E-state index contributed by atoms with van der Waals surface area (Å²) >= 11 is 0. The monoisotopic (exact) mass is 214 g/mol. The summed E-state index contributed by atoms with van der Waals surface area (Å²) in [5.41, 5.74) is 0.812. The van der Waals surface area contributed by atoms with E-state index in [1.165, 1.54) is 38.5 Å².